The first kappa shape index (κ1) is 12.7. The molecule has 0 aromatic heterocycles. The first-order valence-corrected chi connectivity index (χ1v) is 6.53. The first-order valence-electron chi connectivity index (χ1n) is 5.71. The van der Waals surface area contributed by atoms with Gasteiger partial charge in [0.25, 0.3) is 5.91 Å². The highest BCUT2D eigenvalue weighted by Gasteiger charge is 2.23. The van der Waals surface area contributed by atoms with Crippen molar-refractivity contribution >= 4 is 29.3 Å². The number of benzene rings is 2. The Morgan fingerprint density at radius 3 is 2.80 bits per heavy atom. The summed E-state index contributed by atoms with van der Waals surface area (Å²) >= 11 is 1.10. The zero-order chi connectivity index (χ0) is 14.3. The van der Waals surface area contributed by atoms with Crippen molar-refractivity contribution in [3.05, 3.63) is 53.3 Å². The third kappa shape index (κ3) is 2.04. The maximum absolute atomic E-state index is 13.8. The molecule has 0 atom stereocenters. The van der Waals surface area contributed by atoms with E-state index in [1.165, 1.54) is 30.3 Å². The largest absolute Gasteiger partial charge is 0.478 e. The number of carbonyl (C=O) groups excluding carboxylic acids is 1. The molecule has 4 nitrogen and oxygen atoms in total. The maximum Gasteiger partial charge on any atom is 0.335 e. The second-order valence-electron chi connectivity index (χ2n) is 4.19. The van der Waals surface area contributed by atoms with E-state index >= 15 is 0 Å². The van der Waals surface area contributed by atoms with E-state index in [9.17, 15) is 14.0 Å². The monoisotopic (exact) mass is 289 g/mol. The fourth-order valence-electron chi connectivity index (χ4n) is 1.94. The summed E-state index contributed by atoms with van der Waals surface area (Å²) in [6.45, 7) is 0. The number of anilines is 1. The van der Waals surface area contributed by atoms with Crippen LogP contribution in [0.3, 0.4) is 0 Å². The molecule has 0 aliphatic carbocycles. The molecule has 100 valence electrons. The van der Waals surface area contributed by atoms with Crippen LogP contribution in [-0.4, -0.2) is 17.0 Å². The SMILES string of the molecule is O=C(O)c1ccc2c(c1)NC(=O)c1cccc(F)c1S2. The van der Waals surface area contributed by atoms with Crippen LogP contribution in [0, 0.1) is 5.82 Å². The minimum Gasteiger partial charge on any atom is -0.478 e. The summed E-state index contributed by atoms with van der Waals surface area (Å²) in [5, 5.41) is 11.6. The molecule has 1 heterocycles. The lowest BCUT2D eigenvalue weighted by molar-refractivity contribution is 0.0696. The Kier molecular flexibility index (Phi) is 2.94. The molecular formula is C14H8FNO3S. The molecule has 1 aliphatic rings. The molecule has 3 rings (SSSR count). The zero-order valence-electron chi connectivity index (χ0n) is 10.0. The molecule has 1 amide bonds. The number of carbonyl (C=O) groups is 2. The van der Waals surface area contributed by atoms with Gasteiger partial charge >= 0.3 is 5.97 Å². The van der Waals surface area contributed by atoms with E-state index < -0.39 is 17.7 Å². The molecule has 20 heavy (non-hydrogen) atoms. The number of amides is 1. The number of rotatable bonds is 1. The van der Waals surface area contributed by atoms with Gasteiger partial charge in [0.2, 0.25) is 0 Å². The minimum absolute atomic E-state index is 0.0658. The van der Waals surface area contributed by atoms with Crippen molar-refractivity contribution in [3.8, 4) is 0 Å². The second kappa shape index (κ2) is 4.64. The average Bonchev–Trinajstić information content (AvgIpc) is 2.55. The molecule has 0 unspecified atom stereocenters. The number of hydrogen-bond donors (Lipinski definition) is 2. The van der Waals surface area contributed by atoms with Crippen LogP contribution in [0.1, 0.15) is 20.7 Å². The van der Waals surface area contributed by atoms with Gasteiger partial charge in [-0.05, 0) is 30.3 Å². The summed E-state index contributed by atoms with van der Waals surface area (Å²) in [6, 6.07) is 8.64. The second-order valence-corrected chi connectivity index (χ2v) is 5.24. The van der Waals surface area contributed by atoms with Crippen molar-refractivity contribution < 1.29 is 19.1 Å². The van der Waals surface area contributed by atoms with Gasteiger partial charge in [0, 0.05) is 4.90 Å². The van der Waals surface area contributed by atoms with E-state index in [1.807, 2.05) is 0 Å². The standard InChI is InChI=1S/C14H8FNO3S/c15-9-3-1-2-8-12(9)20-11-5-4-7(14(18)19)6-10(11)16-13(8)17/h1-6H,(H,16,17)(H,18,19). The van der Waals surface area contributed by atoms with Crippen molar-refractivity contribution in [2.24, 2.45) is 0 Å². The third-order valence-electron chi connectivity index (χ3n) is 2.90. The van der Waals surface area contributed by atoms with E-state index in [1.54, 1.807) is 6.07 Å². The number of hydrogen-bond acceptors (Lipinski definition) is 3. The number of aromatic carboxylic acids is 1. The Morgan fingerprint density at radius 1 is 1.25 bits per heavy atom. The highest BCUT2D eigenvalue weighted by molar-refractivity contribution is 7.99. The van der Waals surface area contributed by atoms with Gasteiger partial charge in [-0.3, -0.25) is 4.79 Å². The number of carboxylic acid groups (broad SMARTS) is 1. The Morgan fingerprint density at radius 2 is 2.05 bits per heavy atom. The summed E-state index contributed by atoms with van der Waals surface area (Å²) in [7, 11) is 0. The van der Waals surface area contributed by atoms with Crippen molar-refractivity contribution in [2.45, 2.75) is 9.79 Å². The van der Waals surface area contributed by atoms with Crippen molar-refractivity contribution in [3.63, 3.8) is 0 Å². The van der Waals surface area contributed by atoms with Crippen LogP contribution in [-0.2, 0) is 0 Å². The molecule has 0 fully saturated rings. The van der Waals surface area contributed by atoms with Crippen molar-refractivity contribution in [1.29, 1.82) is 0 Å². The van der Waals surface area contributed by atoms with Crippen LogP contribution >= 0.6 is 11.8 Å². The smallest absolute Gasteiger partial charge is 0.335 e. The lowest BCUT2D eigenvalue weighted by atomic mass is 10.1. The number of carboxylic acids is 1. The van der Waals surface area contributed by atoms with Gasteiger partial charge in [0.05, 0.1) is 21.7 Å². The zero-order valence-corrected chi connectivity index (χ0v) is 10.8. The Hall–Kier alpha value is -2.34. The predicted molar refractivity (Wildman–Crippen MR) is 71.9 cm³/mol. The molecule has 2 N–H and O–H groups in total. The van der Waals surface area contributed by atoms with Crippen molar-refractivity contribution in [2.75, 3.05) is 5.32 Å². The van der Waals surface area contributed by atoms with Gasteiger partial charge < -0.3 is 10.4 Å². The van der Waals surface area contributed by atoms with Crippen LogP contribution in [0.4, 0.5) is 10.1 Å². The fraction of sp³-hybridized carbons (Fsp3) is 0. The Balaban J connectivity index is 2.15. The van der Waals surface area contributed by atoms with E-state index in [0.717, 1.165) is 11.8 Å². The van der Waals surface area contributed by atoms with Gasteiger partial charge in [0.15, 0.2) is 0 Å². The average molecular weight is 289 g/mol. The summed E-state index contributed by atoms with van der Waals surface area (Å²) < 4.78 is 13.8. The fourth-order valence-corrected chi connectivity index (χ4v) is 2.95. The van der Waals surface area contributed by atoms with E-state index in [4.69, 9.17) is 5.11 Å². The molecule has 0 radical (unpaired) electrons. The maximum atomic E-state index is 13.8. The molecule has 2 aromatic rings. The summed E-state index contributed by atoms with van der Waals surface area (Å²) in [6.07, 6.45) is 0. The van der Waals surface area contributed by atoms with Crippen LogP contribution < -0.4 is 5.32 Å². The lowest BCUT2D eigenvalue weighted by Crippen LogP contribution is -2.12. The number of nitrogens with one attached hydrogen (secondary N) is 1. The quantitative estimate of drug-likeness (QED) is 0.845. The topological polar surface area (TPSA) is 66.4 Å². The normalized spacial score (nSPS) is 12.9. The van der Waals surface area contributed by atoms with Crippen LogP contribution in [0.15, 0.2) is 46.2 Å². The Labute approximate surface area is 117 Å². The minimum atomic E-state index is -1.08. The molecule has 2 aromatic carbocycles. The van der Waals surface area contributed by atoms with Gasteiger partial charge in [-0.15, -0.1) is 0 Å². The Bertz CT molecular complexity index is 745. The summed E-state index contributed by atoms with van der Waals surface area (Å²) in [4.78, 5) is 23.9. The molecule has 0 bridgehead atoms. The summed E-state index contributed by atoms with van der Waals surface area (Å²) in [5.41, 5.74) is 0.676. The highest BCUT2D eigenvalue weighted by Crippen LogP contribution is 2.40. The molecule has 0 saturated carbocycles. The summed E-state index contributed by atoms with van der Waals surface area (Å²) in [5.74, 6) is -2.01. The third-order valence-corrected chi connectivity index (χ3v) is 4.09. The molecule has 0 spiro atoms. The number of fused-ring (bicyclic) bond motifs is 2. The van der Waals surface area contributed by atoms with Crippen molar-refractivity contribution in [1.82, 2.24) is 0 Å². The first-order chi connectivity index (χ1) is 9.56. The number of halogens is 1. The van der Waals surface area contributed by atoms with E-state index in [2.05, 4.69) is 5.32 Å². The lowest BCUT2D eigenvalue weighted by Gasteiger charge is -2.06. The van der Waals surface area contributed by atoms with Gasteiger partial charge in [-0.2, -0.15) is 0 Å². The van der Waals surface area contributed by atoms with Gasteiger partial charge in [0.1, 0.15) is 5.82 Å². The molecular weight excluding hydrogens is 281 g/mol. The van der Waals surface area contributed by atoms with E-state index in [0.29, 0.717) is 10.6 Å². The molecule has 0 saturated heterocycles. The van der Waals surface area contributed by atoms with E-state index in [-0.39, 0.29) is 16.0 Å². The van der Waals surface area contributed by atoms with Crippen LogP contribution in [0.25, 0.3) is 0 Å². The van der Waals surface area contributed by atoms with Gasteiger partial charge in [-0.1, -0.05) is 17.8 Å². The molecule has 1 aliphatic heterocycles. The highest BCUT2D eigenvalue weighted by atomic mass is 32.2. The van der Waals surface area contributed by atoms with Crippen LogP contribution in [0.5, 0.6) is 0 Å². The molecule has 6 heteroatoms. The predicted octanol–water partition coefficient (Wildman–Crippen LogP) is 3.24. The van der Waals surface area contributed by atoms with Gasteiger partial charge in [-0.25, -0.2) is 9.18 Å². The van der Waals surface area contributed by atoms with Crippen LogP contribution in [0.2, 0.25) is 0 Å².